The number of aliphatic hydroxyl groups is 1. The highest BCUT2D eigenvalue weighted by Gasteiger charge is 2.28. The Morgan fingerprint density at radius 3 is 2.54 bits per heavy atom. The second kappa shape index (κ2) is 8.75. The first-order valence-corrected chi connectivity index (χ1v) is 8.87. The summed E-state index contributed by atoms with van der Waals surface area (Å²) < 4.78 is 12.9. The Morgan fingerprint density at radius 1 is 1.21 bits per heavy atom. The molecular formula is C20H31FN2O. The monoisotopic (exact) mass is 334 g/mol. The van der Waals surface area contributed by atoms with Crippen LogP contribution in [0.2, 0.25) is 0 Å². The van der Waals surface area contributed by atoms with Crippen LogP contribution < -0.4 is 0 Å². The quantitative estimate of drug-likeness (QED) is 0.865. The zero-order valence-electron chi connectivity index (χ0n) is 15.2. The molecule has 0 aliphatic carbocycles. The van der Waals surface area contributed by atoms with Gasteiger partial charge in [0.05, 0.1) is 0 Å². The van der Waals surface area contributed by atoms with Gasteiger partial charge < -0.3 is 5.11 Å². The Balaban J connectivity index is 1.87. The number of rotatable bonds is 6. The number of piperazine rings is 1. The lowest BCUT2D eigenvalue weighted by molar-refractivity contribution is 0.0420. The molecule has 2 rings (SSSR count). The summed E-state index contributed by atoms with van der Waals surface area (Å²) in [5.74, 6) is -0.200. The zero-order chi connectivity index (χ0) is 17.6. The maximum atomic E-state index is 12.9. The molecule has 1 fully saturated rings. The van der Waals surface area contributed by atoms with Gasteiger partial charge in [0.25, 0.3) is 0 Å². The van der Waals surface area contributed by atoms with Crippen LogP contribution in [0.15, 0.2) is 30.3 Å². The second-order valence-corrected chi connectivity index (χ2v) is 7.91. The van der Waals surface area contributed by atoms with Crippen LogP contribution in [0.1, 0.15) is 32.8 Å². The van der Waals surface area contributed by atoms with Crippen molar-refractivity contribution >= 4 is 6.08 Å². The molecule has 1 heterocycles. The van der Waals surface area contributed by atoms with E-state index in [1.165, 1.54) is 12.1 Å². The standard InChI is InChI=1S/C20H31FN2O/c1-20(2,3)16-23-13-12-22(15-19(23)10-14-24)11-4-5-17-6-8-18(21)9-7-17/h4-9,19,24H,10-16H2,1-3H3. The first kappa shape index (κ1) is 19.1. The van der Waals surface area contributed by atoms with Crippen molar-refractivity contribution < 1.29 is 9.50 Å². The van der Waals surface area contributed by atoms with Crippen LogP contribution >= 0.6 is 0 Å². The first-order valence-electron chi connectivity index (χ1n) is 8.87. The SMILES string of the molecule is CC(C)(C)CN1CCN(CC=Cc2ccc(F)cc2)CC1CCO. The molecule has 1 unspecified atom stereocenters. The normalized spacial score (nSPS) is 20.8. The van der Waals surface area contributed by atoms with Gasteiger partial charge in [-0.05, 0) is 29.5 Å². The van der Waals surface area contributed by atoms with Crippen molar-refractivity contribution in [3.8, 4) is 0 Å². The van der Waals surface area contributed by atoms with Gasteiger partial charge in [-0.1, -0.05) is 45.1 Å². The number of halogens is 1. The van der Waals surface area contributed by atoms with E-state index in [0.29, 0.717) is 6.04 Å². The third-order valence-electron chi connectivity index (χ3n) is 4.37. The van der Waals surface area contributed by atoms with Gasteiger partial charge in [0, 0.05) is 45.4 Å². The van der Waals surface area contributed by atoms with Gasteiger partial charge in [-0.3, -0.25) is 9.80 Å². The molecule has 0 amide bonds. The second-order valence-electron chi connectivity index (χ2n) is 7.91. The van der Waals surface area contributed by atoms with Crippen LogP contribution in [-0.4, -0.2) is 60.3 Å². The molecule has 1 aromatic carbocycles. The summed E-state index contributed by atoms with van der Waals surface area (Å²) in [5, 5.41) is 9.38. The number of hydrogen-bond acceptors (Lipinski definition) is 3. The van der Waals surface area contributed by atoms with Crippen LogP contribution in [0.25, 0.3) is 6.08 Å². The third kappa shape index (κ3) is 6.34. The molecule has 0 aromatic heterocycles. The van der Waals surface area contributed by atoms with Gasteiger partial charge in [0.2, 0.25) is 0 Å². The Hall–Kier alpha value is -1.23. The van der Waals surface area contributed by atoms with Gasteiger partial charge in [-0.15, -0.1) is 0 Å². The summed E-state index contributed by atoms with van der Waals surface area (Å²) in [6.45, 7) is 12.1. The fourth-order valence-electron chi connectivity index (χ4n) is 3.28. The van der Waals surface area contributed by atoms with Crippen LogP contribution in [0.4, 0.5) is 4.39 Å². The van der Waals surface area contributed by atoms with Crippen molar-refractivity contribution in [3.05, 3.63) is 41.7 Å². The van der Waals surface area contributed by atoms with Crippen LogP contribution in [-0.2, 0) is 0 Å². The molecule has 1 saturated heterocycles. The van der Waals surface area contributed by atoms with Crippen molar-refractivity contribution in [3.63, 3.8) is 0 Å². The molecule has 1 aliphatic heterocycles. The maximum absolute atomic E-state index is 12.9. The minimum atomic E-state index is -0.200. The molecule has 0 radical (unpaired) electrons. The number of aliphatic hydroxyl groups excluding tert-OH is 1. The number of nitrogens with zero attached hydrogens (tertiary/aromatic N) is 2. The lowest BCUT2D eigenvalue weighted by Gasteiger charge is -2.43. The maximum Gasteiger partial charge on any atom is 0.123 e. The molecule has 0 saturated carbocycles. The van der Waals surface area contributed by atoms with Crippen LogP contribution in [0.3, 0.4) is 0 Å². The van der Waals surface area contributed by atoms with E-state index in [9.17, 15) is 9.50 Å². The summed E-state index contributed by atoms with van der Waals surface area (Å²) in [4.78, 5) is 4.95. The largest absolute Gasteiger partial charge is 0.396 e. The highest BCUT2D eigenvalue weighted by atomic mass is 19.1. The van der Waals surface area contributed by atoms with Crippen molar-refractivity contribution in [1.29, 1.82) is 0 Å². The van der Waals surface area contributed by atoms with Crippen molar-refractivity contribution in [2.75, 3.05) is 39.3 Å². The van der Waals surface area contributed by atoms with Crippen molar-refractivity contribution in [2.24, 2.45) is 5.41 Å². The molecule has 1 aliphatic rings. The molecule has 24 heavy (non-hydrogen) atoms. The van der Waals surface area contributed by atoms with E-state index in [4.69, 9.17) is 0 Å². The summed E-state index contributed by atoms with van der Waals surface area (Å²) in [6, 6.07) is 6.98. The minimum absolute atomic E-state index is 0.200. The van der Waals surface area contributed by atoms with Gasteiger partial charge in [0.15, 0.2) is 0 Å². The lowest BCUT2D eigenvalue weighted by Crippen LogP contribution is -2.55. The van der Waals surface area contributed by atoms with E-state index >= 15 is 0 Å². The number of benzene rings is 1. The van der Waals surface area contributed by atoms with Crippen molar-refractivity contribution in [1.82, 2.24) is 9.80 Å². The van der Waals surface area contributed by atoms with Gasteiger partial charge in [-0.2, -0.15) is 0 Å². The Bertz CT molecular complexity index is 521. The third-order valence-corrected chi connectivity index (χ3v) is 4.37. The Labute approximate surface area is 145 Å². The van der Waals surface area contributed by atoms with Crippen LogP contribution in [0, 0.1) is 11.2 Å². The molecule has 3 nitrogen and oxygen atoms in total. The summed E-state index contributed by atoms with van der Waals surface area (Å²) in [7, 11) is 0. The average Bonchev–Trinajstić information content (AvgIpc) is 2.51. The smallest absolute Gasteiger partial charge is 0.123 e. The van der Waals surface area contributed by atoms with Gasteiger partial charge in [-0.25, -0.2) is 4.39 Å². The van der Waals surface area contributed by atoms with E-state index in [1.807, 2.05) is 6.08 Å². The fourth-order valence-corrected chi connectivity index (χ4v) is 3.28. The predicted octanol–water partition coefficient (Wildman–Crippen LogP) is 3.25. The molecule has 4 heteroatoms. The van der Waals surface area contributed by atoms with Gasteiger partial charge >= 0.3 is 0 Å². The first-order chi connectivity index (χ1) is 11.4. The summed E-state index contributed by atoms with van der Waals surface area (Å²) in [6.07, 6.45) is 5.01. The molecular weight excluding hydrogens is 303 g/mol. The molecule has 0 spiro atoms. The molecule has 134 valence electrons. The average molecular weight is 334 g/mol. The highest BCUT2D eigenvalue weighted by Crippen LogP contribution is 2.21. The number of hydrogen-bond donors (Lipinski definition) is 1. The van der Waals surface area contributed by atoms with E-state index < -0.39 is 0 Å². The Morgan fingerprint density at radius 2 is 1.92 bits per heavy atom. The van der Waals surface area contributed by atoms with E-state index in [-0.39, 0.29) is 17.8 Å². The summed E-state index contributed by atoms with van der Waals surface area (Å²) in [5.41, 5.74) is 1.30. The van der Waals surface area contributed by atoms with E-state index in [2.05, 4.69) is 36.6 Å². The fraction of sp³-hybridized carbons (Fsp3) is 0.600. The topological polar surface area (TPSA) is 26.7 Å². The van der Waals surface area contributed by atoms with Crippen molar-refractivity contribution in [2.45, 2.75) is 33.2 Å². The van der Waals surface area contributed by atoms with Gasteiger partial charge in [0.1, 0.15) is 5.82 Å². The minimum Gasteiger partial charge on any atom is -0.396 e. The van der Waals surface area contributed by atoms with E-state index in [0.717, 1.165) is 44.7 Å². The highest BCUT2D eigenvalue weighted by molar-refractivity contribution is 5.48. The predicted molar refractivity (Wildman–Crippen MR) is 98.4 cm³/mol. The zero-order valence-corrected chi connectivity index (χ0v) is 15.2. The molecule has 1 N–H and O–H groups in total. The Kier molecular flexibility index (Phi) is 6.96. The van der Waals surface area contributed by atoms with E-state index in [1.54, 1.807) is 12.1 Å². The molecule has 1 aromatic rings. The summed E-state index contributed by atoms with van der Waals surface area (Å²) >= 11 is 0. The molecule has 1 atom stereocenters. The van der Waals surface area contributed by atoms with Crippen LogP contribution in [0.5, 0.6) is 0 Å². The molecule has 0 bridgehead atoms. The lowest BCUT2D eigenvalue weighted by atomic mass is 9.94.